The van der Waals surface area contributed by atoms with Crippen molar-refractivity contribution >= 4 is 11.0 Å². The molecule has 4 rings (SSSR count). The molecule has 29 heavy (non-hydrogen) atoms. The van der Waals surface area contributed by atoms with E-state index in [-0.39, 0.29) is 0 Å². The highest BCUT2D eigenvalue weighted by molar-refractivity contribution is 5.83. The molecule has 3 aromatic carbocycles. The first-order valence-corrected chi connectivity index (χ1v) is 9.20. The number of hydrogen-bond donors (Lipinski definition) is 1. The molecule has 1 unspecified atom stereocenters. The van der Waals surface area contributed by atoms with Gasteiger partial charge < -0.3 is 23.7 Å². The number of fused-ring (bicyclic) bond motifs is 1. The molecule has 1 N–H and O–H groups in total. The Hall–Kier alpha value is -3.44. The minimum absolute atomic E-state index is 0.535. The van der Waals surface area contributed by atoms with Crippen LogP contribution in [0, 0.1) is 0 Å². The second kappa shape index (κ2) is 7.89. The van der Waals surface area contributed by atoms with Crippen molar-refractivity contribution in [2.24, 2.45) is 0 Å². The van der Waals surface area contributed by atoms with E-state index in [1.54, 1.807) is 33.7 Å². The standard InChI is InChI=1S/C24H22O5/c1-26-16-10-8-15(9-11-16)19-12-17(27-2)13-22(28-3)23(19)24(25)20-14-29-21-7-5-4-6-18(20)21/h4-14,24-25H,1-3H3. The minimum Gasteiger partial charge on any atom is -0.497 e. The first-order valence-electron chi connectivity index (χ1n) is 9.20. The van der Waals surface area contributed by atoms with E-state index < -0.39 is 6.10 Å². The summed E-state index contributed by atoms with van der Waals surface area (Å²) in [6.07, 6.45) is 0.646. The summed E-state index contributed by atoms with van der Waals surface area (Å²) in [5.74, 6) is 1.93. The van der Waals surface area contributed by atoms with E-state index in [9.17, 15) is 5.11 Å². The summed E-state index contributed by atoms with van der Waals surface area (Å²) in [4.78, 5) is 0. The maximum atomic E-state index is 11.4. The lowest BCUT2D eigenvalue weighted by atomic mass is 9.91. The molecule has 0 aliphatic rings. The van der Waals surface area contributed by atoms with Gasteiger partial charge in [0.25, 0.3) is 0 Å². The lowest BCUT2D eigenvalue weighted by molar-refractivity contribution is 0.215. The van der Waals surface area contributed by atoms with Crippen molar-refractivity contribution in [2.75, 3.05) is 21.3 Å². The van der Waals surface area contributed by atoms with Crippen molar-refractivity contribution < 1.29 is 23.7 Å². The van der Waals surface area contributed by atoms with Gasteiger partial charge in [-0.05, 0) is 35.4 Å². The lowest BCUT2D eigenvalue weighted by Gasteiger charge is -2.20. The van der Waals surface area contributed by atoms with E-state index in [0.29, 0.717) is 22.6 Å². The van der Waals surface area contributed by atoms with Crippen LogP contribution in [-0.2, 0) is 0 Å². The van der Waals surface area contributed by atoms with Gasteiger partial charge in [0, 0.05) is 22.6 Å². The average molecular weight is 390 g/mol. The van der Waals surface area contributed by atoms with Crippen molar-refractivity contribution in [1.29, 1.82) is 0 Å². The van der Waals surface area contributed by atoms with Crippen LogP contribution >= 0.6 is 0 Å². The number of para-hydroxylation sites is 1. The zero-order valence-corrected chi connectivity index (χ0v) is 16.5. The molecule has 0 aliphatic heterocycles. The number of furan rings is 1. The molecule has 0 saturated carbocycles. The molecule has 0 spiro atoms. The fourth-order valence-electron chi connectivity index (χ4n) is 3.55. The van der Waals surface area contributed by atoms with Crippen molar-refractivity contribution in [1.82, 2.24) is 0 Å². The molecule has 148 valence electrons. The lowest BCUT2D eigenvalue weighted by Crippen LogP contribution is -2.05. The second-order valence-electron chi connectivity index (χ2n) is 6.61. The zero-order chi connectivity index (χ0) is 20.4. The molecule has 0 fully saturated rings. The van der Waals surface area contributed by atoms with E-state index in [1.165, 1.54) is 0 Å². The topological polar surface area (TPSA) is 61.1 Å². The second-order valence-corrected chi connectivity index (χ2v) is 6.61. The monoisotopic (exact) mass is 390 g/mol. The SMILES string of the molecule is COc1ccc(-c2cc(OC)cc(OC)c2C(O)c2coc3ccccc23)cc1. The Bertz CT molecular complexity index is 1130. The molecule has 1 atom stereocenters. The number of methoxy groups -OCH3 is 3. The van der Waals surface area contributed by atoms with Crippen LogP contribution in [-0.4, -0.2) is 26.4 Å². The van der Waals surface area contributed by atoms with Crippen molar-refractivity contribution in [3.8, 4) is 28.4 Å². The maximum absolute atomic E-state index is 11.4. The Morgan fingerprint density at radius 1 is 0.828 bits per heavy atom. The van der Waals surface area contributed by atoms with Crippen LogP contribution in [0.1, 0.15) is 17.2 Å². The molecular weight excluding hydrogens is 368 g/mol. The third-order valence-electron chi connectivity index (χ3n) is 5.05. The zero-order valence-electron chi connectivity index (χ0n) is 16.5. The van der Waals surface area contributed by atoms with Crippen LogP contribution < -0.4 is 14.2 Å². The highest BCUT2D eigenvalue weighted by atomic mass is 16.5. The Balaban J connectivity index is 1.92. The van der Waals surface area contributed by atoms with Gasteiger partial charge in [-0.2, -0.15) is 0 Å². The van der Waals surface area contributed by atoms with Crippen LogP contribution in [0.25, 0.3) is 22.1 Å². The fraction of sp³-hybridized carbons (Fsp3) is 0.167. The van der Waals surface area contributed by atoms with E-state index >= 15 is 0 Å². The number of rotatable bonds is 6. The molecule has 0 radical (unpaired) electrons. The van der Waals surface area contributed by atoms with Crippen molar-refractivity contribution in [3.05, 3.63) is 78.1 Å². The quantitative estimate of drug-likeness (QED) is 0.490. The Morgan fingerprint density at radius 3 is 2.24 bits per heavy atom. The smallest absolute Gasteiger partial charge is 0.134 e. The molecule has 4 aromatic rings. The molecule has 0 aliphatic carbocycles. The number of hydrogen-bond acceptors (Lipinski definition) is 5. The molecular formula is C24H22O5. The third kappa shape index (κ3) is 3.41. The Kier molecular flexibility index (Phi) is 5.14. The van der Waals surface area contributed by atoms with Crippen LogP contribution in [0.4, 0.5) is 0 Å². The molecule has 0 bridgehead atoms. The first-order chi connectivity index (χ1) is 14.2. The maximum Gasteiger partial charge on any atom is 0.134 e. The molecule has 1 aromatic heterocycles. The normalized spacial score (nSPS) is 12.0. The summed E-state index contributed by atoms with van der Waals surface area (Å²) >= 11 is 0. The van der Waals surface area contributed by atoms with Gasteiger partial charge in [-0.3, -0.25) is 0 Å². The van der Waals surface area contributed by atoms with Crippen molar-refractivity contribution in [2.45, 2.75) is 6.10 Å². The summed E-state index contributed by atoms with van der Waals surface area (Å²) in [7, 11) is 4.81. The largest absolute Gasteiger partial charge is 0.497 e. The van der Waals surface area contributed by atoms with E-state index in [4.69, 9.17) is 18.6 Å². The summed E-state index contributed by atoms with van der Waals surface area (Å²) in [6.45, 7) is 0. The molecule has 0 saturated heterocycles. The summed E-state index contributed by atoms with van der Waals surface area (Å²) in [5, 5.41) is 12.3. The van der Waals surface area contributed by atoms with Crippen LogP contribution in [0.2, 0.25) is 0 Å². The van der Waals surface area contributed by atoms with Gasteiger partial charge >= 0.3 is 0 Å². The first kappa shape index (κ1) is 18.9. The van der Waals surface area contributed by atoms with Gasteiger partial charge in [0.2, 0.25) is 0 Å². The van der Waals surface area contributed by atoms with Crippen LogP contribution in [0.15, 0.2) is 71.3 Å². The van der Waals surface area contributed by atoms with Gasteiger partial charge in [0.1, 0.15) is 28.9 Å². The van der Waals surface area contributed by atoms with E-state index in [2.05, 4.69) is 0 Å². The van der Waals surface area contributed by atoms with Gasteiger partial charge in [-0.15, -0.1) is 0 Å². The van der Waals surface area contributed by atoms with Gasteiger partial charge in [0.05, 0.1) is 27.6 Å². The number of aliphatic hydroxyl groups is 1. The predicted molar refractivity (Wildman–Crippen MR) is 112 cm³/mol. The molecule has 0 amide bonds. The fourth-order valence-corrected chi connectivity index (χ4v) is 3.55. The highest BCUT2D eigenvalue weighted by Gasteiger charge is 2.25. The Labute approximate surface area is 169 Å². The van der Waals surface area contributed by atoms with Crippen molar-refractivity contribution in [3.63, 3.8) is 0 Å². The summed E-state index contributed by atoms with van der Waals surface area (Å²) < 4.78 is 22.0. The molecule has 5 heteroatoms. The number of ether oxygens (including phenoxy) is 3. The Morgan fingerprint density at radius 2 is 1.55 bits per heavy atom. The van der Waals surface area contributed by atoms with E-state index in [1.807, 2.05) is 54.6 Å². The van der Waals surface area contributed by atoms with Crippen LogP contribution in [0.3, 0.4) is 0 Å². The average Bonchev–Trinajstić information content (AvgIpc) is 3.22. The van der Waals surface area contributed by atoms with Crippen LogP contribution in [0.5, 0.6) is 17.2 Å². The van der Waals surface area contributed by atoms with E-state index in [0.717, 1.165) is 27.8 Å². The van der Waals surface area contributed by atoms with Gasteiger partial charge in [-0.25, -0.2) is 0 Å². The predicted octanol–water partition coefficient (Wildman–Crippen LogP) is 5.21. The van der Waals surface area contributed by atoms with Gasteiger partial charge in [-0.1, -0.05) is 30.3 Å². The minimum atomic E-state index is -0.948. The molecule has 5 nitrogen and oxygen atoms in total. The third-order valence-corrected chi connectivity index (χ3v) is 5.05. The summed E-state index contributed by atoms with van der Waals surface area (Å²) in [5.41, 5.74) is 3.76. The highest BCUT2D eigenvalue weighted by Crippen LogP contribution is 2.43. The summed E-state index contributed by atoms with van der Waals surface area (Å²) in [6, 6.07) is 18.9. The van der Waals surface area contributed by atoms with Gasteiger partial charge in [0.15, 0.2) is 0 Å². The molecule has 1 heterocycles. The number of aliphatic hydroxyl groups excluding tert-OH is 1. The number of benzene rings is 3.